The van der Waals surface area contributed by atoms with Crippen molar-refractivity contribution in [3.63, 3.8) is 0 Å². The van der Waals surface area contributed by atoms with Crippen LogP contribution in [-0.4, -0.2) is 80.1 Å². The zero-order valence-corrected chi connectivity index (χ0v) is 30.1. The number of amides is 4. The van der Waals surface area contributed by atoms with Gasteiger partial charge in [0.15, 0.2) is 0 Å². The number of aromatic hydroxyl groups is 2. The lowest BCUT2D eigenvalue weighted by Crippen LogP contribution is -2.59. The van der Waals surface area contributed by atoms with Gasteiger partial charge in [0.05, 0.1) is 6.04 Å². The van der Waals surface area contributed by atoms with Crippen LogP contribution in [0.4, 0.5) is 0 Å². The number of carboxylic acids is 1. The molecule has 4 amide bonds. The number of phenolic OH excluding ortho intramolecular Hbond substituents is 2. The molecule has 286 valence electrons. The van der Waals surface area contributed by atoms with E-state index in [4.69, 9.17) is 5.73 Å². The fraction of sp³-hybridized carbons (Fsp3) is 0.244. The van der Waals surface area contributed by atoms with Crippen molar-refractivity contribution in [1.82, 2.24) is 26.3 Å². The molecule has 5 rings (SSSR count). The minimum absolute atomic E-state index is 0.00552. The Morgan fingerprint density at radius 3 is 1.69 bits per heavy atom. The van der Waals surface area contributed by atoms with Crippen LogP contribution in [0.15, 0.2) is 109 Å². The number of aromatic nitrogens is 1. The van der Waals surface area contributed by atoms with Crippen molar-refractivity contribution in [2.75, 3.05) is 0 Å². The number of para-hydroxylation sites is 1. The number of hydrogen-bond acceptors (Lipinski definition) is 8. The quantitative estimate of drug-likeness (QED) is 0.0677. The van der Waals surface area contributed by atoms with Crippen LogP contribution in [0.2, 0.25) is 0 Å². The first-order valence-corrected chi connectivity index (χ1v) is 17.7. The van der Waals surface area contributed by atoms with E-state index in [0.29, 0.717) is 16.7 Å². The molecule has 14 nitrogen and oxygen atoms in total. The van der Waals surface area contributed by atoms with Crippen LogP contribution in [0.5, 0.6) is 11.5 Å². The number of fused-ring (bicyclic) bond motifs is 1. The molecule has 0 bridgehead atoms. The molecular weight excluding hydrogens is 704 g/mol. The van der Waals surface area contributed by atoms with Gasteiger partial charge in [-0.15, -0.1) is 0 Å². The van der Waals surface area contributed by atoms with Crippen LogP contribution >= 0.6 is 0 Å². The van der Waals surface area contributed by atoms with Crippen molar-refractivity contribution >= 4 is 40.5 Å². The maximum Gasteiger partial charge on any atom is 0.326 e. The van der Waals surface area contributed by atoms with Crippen LogP contribution in [-0.2, 0) is 49.7 Å². The number of phenols is 2. The van der Waals surface area contributed by atoms with Crippen molar-refractivity contribution < 1.29 is 39.3 Å². The van der Waals surface area contributed by atoms with Gasteiger partial charge in [-0.25, -0.2) is 4.79 Å². The summed E-state index contributed by atoms with van der Waals surface area (Å²) in [7, 11) is 0. The van der Waals surface area contributed by atoms with Gasteiger partial charge >= 0.3 is 5.97 Å². The summed E-state index contributed by atoms with van der Waals surface area (Å²) in [5.74, 6) is -4.08. The molecule has 0 aliphatic rings. The Morgan fingerprint density at radius 1 is 0.582 bits per heavy atom. The number of benzene rings is 4. The molecule has 0 saturated heterocycles. The highest BCUT2D eigenvalue weighted by Gasteiger charge is 2.31. The summed E-state index contributed by atoms with van der Waals surface area (Å²) in [6.07, 6.45) is 1.83. The second kappa shape index (κ2) is 18.4. The van der Waals surface area contributed by atoms with E-state index in [1.54, 1.807) is 18.3 Å². The Morgan fingerprint density at radius 2 is 1.07 bits per heavy atom. The normalized spacial score (nSPS) is 13.8. The lowest BCUT2D eigenvalue weighted by Gasteiger charge is -2.26. The summed E-state index contributed by atoms with van der Waals surface area (Å²) in [5.41, 5.74) is 9.74. The van der Waals surface area contributed by atoms with Crippen molar-refractivity contribution in [3.8, 4) is 11.5 Å². The number of H-pyrrole nitrogens is 1. The van der Waals surface area contributed by atoms with E-state index in [0.717, 1.165) is 16.5 Å². The second-order valence-corrected chi connectivity index (χ2v) is 13.4. The van der Waals surface area contributed by atoms with Gasteiger partial charge in [-0.1, -0.05) is 72.8 Å². The average Bonchev–Trinajstić information content (AvgIpc) is 3.58. The van der Waals surface area contributed by atoms with Gasteiger partial charge in [0.1, 0.15) is 35.7 Å². The molecule has 55 heavy (non-hydrogen) atoms. The Balaban J connectivity index is 1.35. The highest BCUT2D eigenvalue weighted by atomic mass is 16.4. The lowest BCUT2D eigenvalue weighted by atomic mass is 10.0. The van der Waals surface area contributed by atoms with Crippen LogP contribution in [0.1, 0.15) is 29.2 Å². The number of nitrogens with one attached hydrogen (secondary N) is 5. The molecule has 0 spiro atoms. The smallest absolute Gasteiger partial charge is 0.326 e. The molecule has 0 fully saturated rings. The minimum Gasteiger partial charge on any atom is -0.508 e. The van der Waals surface area contributed by atoms with Crippen LogP contribution in [0.3, 0.4) is 0 Å². The van der Waals surface area contributed by atoms with Crippen LogP contribution in [0, 0.1) is 0 Å². The molecule has 5 unspecified atom stereocenters. The zero-order chi connectivity index (χ0) is 39.5. The van der Waals surface area contributed by atoms with Gasteiger partial charge in [-0.2, -0.15) is 0 Å². The fourth-order valence-corrected chi connectivity index (χ4v) is 6.06. The number of aromatic amines is 1. The highest BCUT2D eigenvalue weighted by molar-refractivity contribution is 5.96. The first-order valence-electron chi connectivity index (χ1n) is 17.7. The number of carbonyl (C=O) groups excluding carboxylic acids is 4. The predicted molar refractivity (Wildman–Crippen MR) is 205 cm³/mol. The van der Waals surface area contributed by atoms with Crippen molar-refractivity contribution in [2.45, 2.75) is 62.8 Å². The third-order valence-electron chi connectivity index (χ3n) is 9.12. The summed E-state index contributed by atoms with van der Waals surface area (Å²) >= 11 is 0. The maximum absolute atomic E-state index is 14.1. The maximum atomic E-state index is 14.1. The van der Waals surface area contributed by atoms with Gasteiger partial charge in [0.25, 0.3) is 0 Å². The monoisotopic (exact) mass is 748 g/mol. The van der Waals surface area contributed by atoms with Crippen molar-refractivity contribution in [3.05, 3.63) is 132 Å². The number of nitrogens with two attached hydrogens (primary N) is 1. The number of hydrogen-bond donors (Lipinski definition) is 9. The molecule has 5 aromatic rings. The van der Waals surface area contributed by atoms with E-state index in [-0.39, 0.29) is 37.2 Å². The molecule has 0 aliphatic carbocycles. The first kappa shape index (κ1) is 39.5. The average molecular weight is 749 g/mol. The Bertz CT molecular complexity index is 2100. The molecular formula is C41H44N6O8. The lowest BCUT2D eigenvalue weighted by molar-refractivity contribution is -0.142. The summed E-state index contributed by atoms with van der Waals surface area (Å²) in [6, 6.07) is 22.5. The molecule has 4 aromatic carbocycles. The van der Waals surface area contributed by atoms with Crippen LogP contribution in [0.25, 0.3) is 10.9 Å². The summed E-state index contributed by atoms with van der Waals surface area (Å²) < 4.78 is 0. The van der Waals surface area contributed by atoms with Gasteiger partial charge in [-0.3, -0.25) is 19.2 Å². The molecule has 0 radical (unpaired) electrons. The fourth-order valence-electron chi connectivity index (χ4n) is 6.06. The summed E-state index contributed by atoms with van der Waals surface area (Å²) in [6.45, 7) is 1.39. The Labute approximate surface area is 317 Å². The minimum atomic E-state index is -1.34. The first-order chi connectivity index (χ1) is 26.4. The van der Waals surface area contributed by atoms with E-state index >= 15 is 0 Å². The SMILES string of the molecule is CC(NC(=O)C(Cc1c[nH]c2ccccc12)NC(=O)C(Cc1ccc(O)cc1)NC(=O)C(N)Cc1ccccc1)C(=O)NC(Cc1ccc(O)cc1)C(=O)O. The zero-order valence-electron chi connectivity index (χ0n) is 30.1. The van der Waals surface area contributed by atoms with E-state index in [9.17, 15) is 39.3 Å². The highest BCUT2D eigenvalue weighted by Crippen LogP contribution is 2.20. The Hall–Kier alpha value is -6.67. The number of aliphatic carboxylic acids is 1. The van der Waals surface area contributed by atoms with E-state index in [1.807, 2.05) is 54.6 Å². The van der Waals surface area contributed by atoms with Gasteiger partial charge < -0.3 is 47.3 Å². The van der Waals surface area contributed by atoms with Crippen molar-refractivity contribution in [1.29, 1.82) is 0 Å². The summed E-state index contributed by atoms with van der Waals surface area (Å²) in [4.78, 5) is 69.9. The largest absolute Gasteiger partial charge is 0.508 e. The van der Waals surface area contributed by atoms with E-state index in [1.165, 1.54) is 43.3 Å². The molecule has 10 N–H and O–H groups in total. The number of carboxylic acid groups (broad SMARTS) is 1. The standard InChI is InChI=1S/C41H44N6O8/c1-24(37(50)47-36(41(54)55)21-27-13-17-30(49)18-14-27)44-39(52)35(22-28-23-43-33-10-6-5-9-31(28)33)46-40(53)34(20-26-11-15-29(48)16-12-26)45-38(51)32(42)19-25-7-3-2-4-8-25/h2-18,23-24,32,34-36,43,48-49H,19-22,42H2,1H3,(H,44,52)(H,45,51)(H,46,53)(H,47,50)(H,54,55). The van der Waals surface area contributed by atoms with Crippen molar-refractivity contribution in [2.24, 2.45) is 5.73 Å². The molecule has 5 atom stereocenters. The molecule has 1 heterocycles. The molecule has 1 aromatic heterocycles. The van der Waals surface area contributed by atoms with Gasteiger partial charge in [-0.05, 0) is 65.9 Å². The second-order valence-electron chi connectivity index (χ2n) is 13.4. The van der Waals surface area contributed by atoms with Gasteiger partial charge in [0, 0.05) is 36.4 Å². The molecule has 14 heteroatoms. The third kappa shape index (κ3) is 11.2. The third-order valence-corrected chi connectivity index (χ3v) is 9.12. The summed E-state index contributed by atoms with van der Waals surface area (Å²) in [5, 5.41) is 40.6. The Kier molecular flexibility index (Phi) is 13.2. The predicted octanol–water partition coefficient (Wildman–Crippen LogP) is 2.22. The van der Waals surface area contributed by atoms with E-state index in [2.05, 4.69) is 26.3 Å². The topological polar surface area (TPSA) is 236 Å². The van der Waals surface area contributed by atoms with Crippen LogP contribution < -0.4 is 27.0 Å². The molecule has 0 aliphatic heterocycles. The van der Waals surface area contributed by atoms with E-state index < -0.39 is 59.8 Å². The number of carbonyl (C=O) groups is 5. The number of rotatable bonds is 17. The molecule has 0 saturated carbocycles. The van der Waals surface area contributed by atoms with Gasteiger partial charge in [0.2, 0.25) is 23.6 Å².